The minimum Gasteiger partial charge on any atom is -0.377 e. The van der Waals surface area contributed by atoms with Gasteiger partial charge in [0.1, 0.15) is 6.61 Å². The molecule has 19 heavy (non-hydrogen) atoms. The number of hydrogen-bond donors (Lipinski definition) is 0. The van der Waals surface area contributed by atoms with Crippen molar-refractivity contribution < 1.29 is 9.53 Å². The topological polar surface area (TPSA) is 29.5 Å². The van der Waals surface area contributed by atoms with E-state index in [0.29, 0.717) is 6.54 Å². The minimum absolute atomic E-state index is 0.184. The first-order valence-corrected chi connectivity index (χ1v) is 7.05. The van der Waals surface area contributed by atoms with Gasteiger partial charge in [0, 0.05) is 7.11 Å². The number of hydrogen-bond acceptors (Lipinski definition) is 3. The summed E-state index contributed by atoms with van der Waals surface area (Å²) in [4.78, 5) is 13.8. The molecule has 104 valence electrons. The molecule has 1 aliphatic heterocycles. The Kier molecular flexibility index (Phi) is 5.55. The molecule has 0 saturated carbocycles. The molecule has 1 aromatic carbocycles. The number of Topliss-reactive ketones (excluding diaryl/α,β-unsaturated/α-hetero) is 1. The van der Waals surface area contributed by atoms with E-state index in [2.05, 4.69) is 35.2 Å². The number of methoxy groups -OCH3 is 1. The molecule has 1 fully saturated rings. The van der Waals surface area contributed by atoms with Gasteiger partial charge in [0.15, 0.2) is 5.78 Å². The monoisotopic (exact) mass is 261 g/mol. The van der Waals surface area contributed by atoms with Gasteiger partial charge in [-0.25, -0.2) is 0 Å². The molecule has 0 aromatic heterocycles. The van der Waals surface area contributed by atoms with E-state index in [4.69, 9.17) is 4.74 Å². The third-order valence-electron chi connectivity index (χ3n) is 3.78. The molecule has 0 bridgehead atoms. The second-order valence-electron chi connectivity index (χ2n) is 5.38. The third-order valence-corrected chi connectivity index (χ3v) is 3.78. The van der Waals surface area contributed by atoms with Crippen LogP contribution in [0, 0.1) is 5.92 Å². The Hall–Kier alpha value is -1.19. The normalized spacial score (nSPS) is 17.5. The van der Waals surface area contributed by atoms with Crippen molar-refractivity contribution in [1.82, 2.24) is 4.90 Å². The van der Waals surface area contributed by atoms with Gasteiger partial charge in [-0.3, -0.25) is 9.69 Å². The first-order chi connectivity index (χ1) is 9.28. The predicted octanol–water partition coefficient (Wildman–Crippen LogP) is 2.16. The van der Waals surface area contributed by atoms with Gasteiger partial charge in [-0.15, -0.1) is 0 Å². The van der Waals surface area contributed by atoms with E-state index in [1.54, 1.807) is 7.11 Å². The van der Waals surface area contributed by atoms with E-state index in [1.807, 2.05) is 0 Å². The van der Waals surface area contributed by atoms with Crippen LogP contribution in [0.1, 0.15) is 18.4 Å². The van der Waals surface area contributed by atoms with E-state index in [0.717, 1.165) is 19.0 Å². The number of likely N-dealkylation sites (tertiary alicyclic amines) is 1. The first kappa shape index (κ1) is 14.2. The average molecular weight is 261 g/mol. The quantitative estimate of drug-likeness (QED) is 0.786. The van der Waals surface area contributed by atoms with Crippen molar-refractivity contribution in [2.45, 2.75) is 19.3 Å². The zero-order valence-electron chi connectivity index (χ0n) is 11.7. The van der Waals surface area contributed by atoms with E-state index < -0.39 is 0 Å². The lowest BCUT2D eigenvalue weighted by Gasteiger charge is -2.31. The number of ether oxygens (including phenoxy) is 1. The maximum Gasteiger partial charge on any atom is 0.172 e. The largest absolute Gasteiger partial charge is 0.377 e. The summed E-state index contributed by atoms with van der Waals surface area (Å²) >= 11 is 0. The summed E-state index contributed by atoms with van der Waals surface area (Å²) in [5.74, 6) is 0.945. The van der Waals surface area contributed by atoms with Crippen LogP contribution < -0.4 is 0 Å². The number of rotatable bonds is 6. The fourth-order valence-electron chi connectivity index (χ4n) is 2.75. The molecule has 1 saturated heterocycles. The van der Waals surface area contributed by atoms with Crippen molar-refractivity contribution in [1.29, 1.82) is 0 Å². The van der Waals surface area contributed by atoms with E-state index in [9.17, 15) is 4.79 Å². The van der Waals surface area contributed by atoms with Crippen LogP contribution in [0.25, 0.3) is 0 Å². The van der Waals surface area contributed by atoms with Crippen LogP contribution in [0.2, 0.25) is 0 Å². The van der Waals surface area contributed by atoms with Gasteiger partial charge in [-0.2, -0.15) is 0 Å². The second-order valence-corrected chi connectivity index (χ2v) is 5.38. The Balaban J connectivity index is 1.72. The first-order valence-electron chi connectivity index (χ1n) is 7.05. The fraction of sp³-hybridized carbons (Fsp3) is 0.562. The highest BCUT2D eigenvalue weighted by Crippen LogP contribution is 2.21. The standard InChI is InChI=1S/C16H23NO2/c1-19-13-16(18)12-17-9-7-15(8-10-17)11-14-5-3-2-4-6-14/h2-6,15H,7-13H2,1H3. The number of nitrogens with zero attached hydrogens (tertiary/aromatic N) is 1. The molecular weight excluding hydrogens is 238 g/mol. The van der Waals surface area contributed by atoms with Crippen molar-refractivity contribution in [3.8, 4) is 0 Å². The smallest absolute Gasteiger partial charge is 0.172 e. The van der Waals surface area contributed by atoms with E-state index >= 15 is 0 Å². The molecule has 0 atom stereocenters. The predicted molar refractivity (Wildman–Crippen MR) is 76.2 cm³/mol. The molecule has 0 spiro atoms. The SMILES string of the molecule is COCC(=O)CN1CCC(Cc2ccccc2)CC1. The molecule has 3 heteroatoms. The zero-order chi connectivity index (χ0) is 13.5. The summed E-state index contributed by atoms with van der Waals surface area (Å²) in [6.45, 7) is 2.86. The summed E-state index contributed by atoms with van der Waals surface area (Å²) in [5, 5.41) is 0. The number of carbonyl (C=O) groups is 1. The Morgan fingerprint density at radius 2 is 1.95 bits per heavy atom. The van der Waals surface area contributed by atoms with Crippen LogP contribution >= 0.6 is 0 Å². The highest BCUT2D eigenvalue weighted by Gasteiger charge is 2.20. The van der Waals surface area contributed by atoms with Gasteiger partial charge in [0.05, 0.1) is 6.54 Å². The van der Waals surface area contributed by atoms with Gasteiger partial charge in [0.2, 0.25) is 0 Å². The molecule has 2 rings (SSSR count). The van der Waals surface area contributed by atoms with Crippen LogP contribution in [0.5, 0.6) is 0 Å². The maximum absolute atomic E-state index is 11.5. The van der Waals surface area contributed by atoms with Crippen molar-refractivity contribution in [2.75, 3.05) is 33.4 Å². The van der Waals surface area contributed by atoms with Crippen molar-refractivity contribution in [3.63, 3.8) is 0 Å². The number of ketones is 1. The van der Waals surface area contributed by atoms with Crippen LogP contribution in [0.4, 0.5) is 0 Å². The van der Waals surface area contributed by atoms with Gasteiger partial charge in [0.25, 0.3) is 0 Å². The van der Waals surface area contributed by atoms with Gasteiger partial charge >= 0.3 is 0 Å². The lowest BCUT2D eigenvalue weighted by molar-refractivity contribution is -0.124. The third kappa shape index (κ3) is 4.77. The Labute approximate surface area is 115 Å². The number of benzene rings is 1. The minimum atomic E-state index is 0.184. The molecule has 1 aliphatic rings. The number of piperidine rings is 1. The average Bonchev–Trinajstić information content (AvgIpc) is 2.42. The summed E-state index contributed by atoms with van der Waals surface area (Å²) in [6, 6.07) is 10.7. The van der Waals surface area contributed by atoms with E-state index in [1.165, 1.54) is 24.8 Å². The van der Waals surface area contributed by atoms with Crippen LogP contribution in [0.15, 0.2) is 30.3 Å². The molecule has 0 unspecified atom stereocenters. The van der Waals surface area contributed by atoms with Crippen LogP contribution in [-0.2, 0) is 16.0 Å². The molecule has 0 N–H and O–H groups in total. The highest BCUT2D eigenvalue weighted by molar-refractivity contribution is 5.81. The molecule has 0 aliphatic carbocycles. The fourth-order valence-corrected chi connectivity index (χ4v) is 2.75. The van der Waals surface area contributed by atoms with Crippen LogP contribution in [-0.4, -0.2) is 44.0 Å². The Morgan fingerprint density at radius 3 is 2.58 bits per heavy atom. The number of carbonyl (C=O) groups excluding carboxylic acids is 1. The molecule has 1 aromatic rings. The lowest BCUT2D eigenvalue weighted by atomic mass is 9.90. The van der Waals surface area contributed by atoms with E-state index in [-0.39, 0.29) is 12.4 Å². The van der Waals surface area contributed by atoms with Gasteiger partial charge in [-0.1, -0.05) is 30.3 Å². The highest BCUT2D eigenvalue weighted by atomic mass is 16.5. The molecular formula is C16H23NO2. The van der Waals surface area contributed by atoms with Gasteiger partial charge in [-0.05, 0) is 43.8 Å². The van der Waals surface area contributed by atoms with Crippen molar-refractivity contribution in [2.24, 2.45) is 5.92 Å². The lowest BCUT2D eigenvalue weighted by Crippen LogP contribution is -2.38. The van der Waals surface area contributed by atoms with Gasteiger partial charge < -0.3 is 4.74 Å². The summed E-state index contributed by atoms with van der Waals surface area (Å²) in [7, 11) is 1.57. The molecule has 0 radical (unpaired) electrons. The van der Waals surface area contributed by atoms with Crippen molar-refractivity contribution in [3.05, 3.63) is 35.9 Å². The van der Waals surface area contributed by atoms with Crippen LogP contribution in [0.3, 0.4) is 0 Å². The Morgan fingerprint density at radius 1 is 1.26 bits per heavy atom. The second kappa shape index (κ2) is 7.41. The zero-order valence-corrected chi connectivity index (χ0v) is 11.7. The molecule has 0 amide bonds. The maximum atomic E-state index is 11.5. The molecule has 1 heterocycles. The Bertz CT molecular complexity index is 383. The summed E-state index contributed by atoms with van der Waals surface area (Å²) < 4.78 is 4.87. The van der Waals surface area contributed by atoms with Crippen molar-refractivity contribution >= 4 is 5.78 Å². The molecule has 3 nitrogen and oxygen atoms in total. The summed E-state index contributed by atoms with van der Waals surface area (Å²) in [6.07, 6.45) is 3.55. The summed E-state index contributed by atoms with van der Waals surface area (Å²) in [5.41, 5.74) is 1.43.